The highest BCUT2D eigenvalue weighted by atomic mass is 32.1. The van der Waals surface area contributed by atoms with Gasteiger partial charge in [0.2, 0.25) is 0 Å². The molecule has 3 aromatic carbocycles. The Balaban J connectivity index is 2.22. The first-order valence-electron chi connectivity index (χ1n) is 9.70. The summed E-state index contributed by atoms with van der Waals surface area (Å²) >= 11 is 5.52. The highest BCUT2D eigenvalue weighted by Crippen LogP contribution is 2.34. The normalized spacial score (nSPS) is 10.3. The number of para-hydroxylation sites is 1. The van der Waals surface area contributed by atoms with Crippen molar-refractivity contribution in [2.24, 2.45) is 4.99 Å². The number of hydrogen-bond donors (Lipinski definition) is 0. The molecule has 0 spiro atoms. The number of aliphatic imine (C=N–C) groups is 1. The van der Waals surface area contributed by atoms with Crippen LogP contribution in [0, 0.1) is 0 Å². The fourth-order valence-electron chi connectivity index (χ4n) is 2.92. The van der Waals surface area contributed by atoms with Gasteiger partial charge in [0.1, 0.15) is 5.69 Å². The number of esters is 1. The molecule has 0 bridgehead atoms. The van der Waals surface area contributed by atoms with Crippen molar-refractivity contribution >= 4 is 34.5 Å². The third kappa shape index (κ3) is 5.04. The molecule has 0 heterocycles. The van der Waals surface area contributed by atoms with E-state index in [0.29, 0.717) is 17.9 Å². The van der Waals surface area contributed by atoms with Crippen LogP contribution in [0.4, 0.5) is 5.69 Å². The fraction of sp³-hybridized carbons (Fsp3) is 0.160. The molecule has 0 unspecified atom stereocenters. The maximum absolute atomic E-state index is 12.1. The van der Waals surface area contributed by atoms with Crippen LogP contribution in [0.1, 0.15) is 43.4 Å². The van der Waals surface area contributed by atoms with Gasteiger partial charge >= 0.3 is 5.97 Å². The van der Waals surface area contributed by atoms with Gasteiger partial charge in [0.25, 0.3) is 0 Å². The summed E-state index contributed by atoms with van der Waals surface area (Å²) in [4.78, 5) is 17.8. The van der Waals surface area contributed by atoms with Gasteiger partial charge in [-0.1, -0.05) is 92.8 Å². The van der Waals surface area contributed by atoms with Crippen LogP contribution in [0.3, 0.4) is 0 Å². The standard InChI is InChI=1S/C25H23NO2S/c1-3-22(29)20-16-11-17-21(25(20)28-23(27)4-2)26-24(18-12-7-5-8-13-18)19-14-9-6-10-15-19/h5-17H,3-4H2,1-2H3. The molecule has 3 nitrogen and oxygen atoms in total. The second-order valence-corrected chi connectivity index (χ2v) is 6.94. The zero-order chi connectivity index (χ0) is 20.6. The molecular weight excluding hydrogens is 378 g/mol. The Morgan fingerprint density at radius 2 is 1.41 bits per heavy atom. The van der Waals surface area contributed by atoms with Crippen LogP contribution < -0.4 is 4.74 Å². The van der Waals surface area contributed by atoms with Crippen LogP contribution in [0.5, 0.6) is 5.75 Å². The van der Waals surface area contributed by atoms with Crippen molar-refractivity contribution in [1.29, 1.82) is 0 Å². The minimum Gasteiger partial charge on any atom is -0.424 e. The summed E-state index contributed by atoms with van der Waals surface area (Å²) in [7, 11) is 0. The van der Waals surface area contributed by atoms with Gasteiger partial charge in [0.15, 0.2) is 5.75 Å². The molecule has 0 aliphatic rings. The number of thiocarbonyl (C=S) groups is 1. The molecule has 0 aliphatic heterocycles. The van der Waals surface area contributed by atoms with E-state index in [-0.39, 0.29) is 12.4 Å². The monoisotopic (exact) mass is 401 g/mol. The van der Waals surface area contributed by atoms with E-state index in [9.17, 15) is 4.79 Å². The molecule has 0 aromatic heterocycles. The zero-order valence-electron chi connectivity index (χ0n) is 16.6. The van der Waals surface area contributed by atoms with Crippen LogP contribution in [0.15, 0.2) is 83.9 Å². The first-order chi connectivity index (χ1) is 14.1. The SMILES string of the molecule is CCC(=O)Oc1c(N=C(c2ccccc2)c2ccccc2)cccc1C(=S)CC. The van der Waals surface area contributed by atoms with Crippen molar-refractivity contribution in [3.63, 3.8) is 0 Å². The Bertz CT molecular complexity index is 986. The van der Waals surface area contributed by atoms with Crippen molar-refractivity contribution < 1.29 is 9.53 Å². The number of carbonyl (C=O) groups excluding carboxylic acids is 1. The van der Waals surface area contributed by atoms with Gasteiger partial charge in [0.05, 0.1) is 5.71 Å². The Labute approximate surface area is 177 Å². The van der Waals surface area contributed by atoms with Gasteiger partial charge in [-0.15, -0.1) is 0 Å². The highest BCUT2D eigenvalue weighted by Gasteiger charge is 2.17. The van der Waals surface area contributed by atoms with Crippen LogP contribution in [0.25, 0.3) is 0 Å². The van der Waals surface area contributed by atoms with E-state index in [1.165, 1.54) is 0 Å². The largest absolute Gasteiger partial charge is 0.424 e. The van der Waals surface area contributed by atoms with Gasteiger partial charge in [0, 0.05) is 28.0 Å². The van der Waals surface area contributed by atoms with Crippen molar-refractivity contribution in [3.8, 4) is 5.75 Å². The lowest BCUT2D eigenvalue weighted by Gasteiger charge is -2.14. The molecule has 0 saturated heterocycles. The number of nitrogens with zero attached hydrogens (tertiary/aromatic N) is 1. The van der Waals surface area contributed by atoms with Gasteiger partial charge in [-0.05, 0) is 18.6 Å². The van der Waals surface area contributed by atoms with Crippen LogP contribution in [0.2, 0.25) is 0 Å². The average Bonchev–Trinajstić information content (AvgIpc) is 2.78. The van der Waals surface area contributed by atoms with E-state index in [1.54, 1.807) is 6.92 Å². The summed E-state index contributed by atoms with van der Waals surface area (Å²) in [5.74, 6) is 0.115. The summed E-state index contributed by atoms with van der Waals surface area (Å²) < 4.78 is 5.69. The van der Waals surface area contributed by atoms with Crippen LogP contribution >= 0.6 is 12.2 Å². The molecule has 0 atom stereocenters. The Kier molecular flexibility index (Phi) is 7.04. The van der Waals surface area contributed by atoms with Crippen molar-refractivity contribution in [1.82, 2.24) is 0 Å². The lowest BCUT2D eigenvalue weighted by molar-refractivity contribution is -0.133. The zero-order valence-corrected chi connectivity index (χ0v) is 17.4. The maximum atomic E-state index is 12.1. The Morgan fingerprint density at radius 1 is 0.828 bits per heavy atom. The molecule has 0 N–H and O–H groups in total. The predicted octanol–water partition coefficient (Wildman–Crippen LogP) is 6.30. The van der Waals surface area contributed by atoms with E-state index in [0.717, 1.165) is 27.3 Å². The van der Waals surface area contributed by atoms with E-state index in [1.807, 2.05) is 85.8 Å². The van der Waals surface area contributed by atoms with E-state index < -0.39 is 0 Å². The smallest absolute Gasteiger partial charge is 0.310 e. The summed E-state index contributed by atoms with van der Waals surface area (Å²) in [6, 6.07) is 25.6. The summed E-state index contributed by atoms with van der Waals surface area (Å²) in [5.41, 5.74) is 4.10. The molecule has 29 heavy (non-hydrogen) atoms. The number of rotatable bonds is 7. The first-order valence-corrected chi connectivity index (χ1v) is 10.1. The molecule has 0 saturated carbocycles. The molecular formula is C25H23NO2S. The van der Waals surface area contributed by atoms with Crippen LogP contribution in [-0.4, -0.2) is 16.5 Å². The molecule has 3 rings (SSSR count). The molecule has 0 aliphatic carbocycles. The fourth-order valence-corrected chi connectivity index (χ4v) is 3.09. The van der Waals surface area contributed by atoms with Crippen molar-refractivity contribution in [2.75, 3.05) is 0 Å². The predicted molar refractivity (Wildman–Crippen MR) is 123 cm³/mol. The number of hydrogen-bond acceptors (Lipinski definition) is 4. The Hall–Kier alpha value is -3.11. The first kappa shape index (κ1) is 20.6. The molecule has 146 valence electrons. The minimum atomic E-state index is -0.311. The topological polar surface area (TPSA) is 38.7 Å². The second-order valence-electron chi connectivity index (χ2n) is 6.45. The number of benzene rings is 3. The lowest BCUT2D eigenvalue weighted by Crippen LogP contribution is -2.10. The Morgan fingerprint density at radius 3 is 1.93 bits per heavy atom. The van der Waals surface area contributed by atoms with Gasteiger partial charge in [-0.2, -0.15) is 0 Å². The lowest BCUT2D eigenvalue weighted by atomic mass is 10.0. The minimum absolute atomic E-state index is 0.278. The summed E-state index contributed by atoms with van der Waals surface area (Å²) in [6.07, 6.45) is 0.962. The quantitative estimate of drug-likeness (QED) is 0.153. The van der Waals surface area contributed by atoms with E-state index in [4.69, 9.17) is 21.9 Å². The highest BCUT2D eigenvalue weighted by molar-refractivity contribution is 7.80. The molecule has 3 aromatic rings. The third-order valence-electron chi connectivity index (χ3n) is 4.45. The van der Waals surface area contributed by atoms with Crippen molar-refractivity contribution in [2.45, 2.75) is 26.7 Å². The molecule has 0 fully saturated rings. The number of ether oxygens (including phenoxy) is 1. The van der Waals surface area contributed by atoms with Crippen LogP contribution in [-0.2, 0) is 4.79 Å². The molecule has 0 amide bonds. The second kappa shape index (κ2) is 9.89. The molecule has 4 heteroatoms. The van der Waals surface area contributed by atoms with E-state index in [2.05, 4.69) is 0 Å². The van der Waals surface area contributed by atoms with E-state index >= 15 is 0 Å². The van der Waals surface area contributed by atoms with Gasteiger partial charge in [-0.3, -0.25) is 4.79 Å². The molecule has 0 radical (unpaired) electrons. The van der Waals surface area contributed by atoms with Crippen molar-refractivity contribution in [3.05, 3.63) is 95.6 Å². The summed E-state index contributed by atoms with van der Waals surface area (Å²) in [5, 5.41) is 0. The average molecular weight is 402 g/mol. The van der Waals surface area contributed by atoms with Gasteiger partial charge in [-0.25, -0.2) is 4.99 Å². The third-order valence-corrected chi connectivity index (χ3v) is 4.96. The number of carbonyl (C=O) groups is 1. The van der Waals surface area contributed by atoms with Gasteiger partial charge < -0.3 is 4.74 Å². The maximum Gasteiger partial charge on any atom is 0.310 e. The summed E-state index contributed by atoms with van der Waals surface area (Å²) in [6.45, 7) is 3.76.